The van der Waals surface area contributed by atoms with Crippen molar-refractivity contribution in [2.45, 2.75) is 13.2 Å². The second kappa shape index (κ2) is 6.84. The Balaban J connectivity index is 1.48. The van der Waals surface area contributed by atoms with E-state index >= 15 is 0 Å². The molecule has 1 fully saturated rings. The maximum absolute atomic E-state index is 12.9. The van der Waals surface area contributed by atoms with E-state index in [9.17, 15) is 14.5 Å². The third kappa shape index (κ3) is 4.11. The van der Waals surface area contributed by atoms with Gasteiger partial charge in [-0.05, 0) is 17.7 Å². The van der Waals surface area contributed by atoms with Crippen molar-refractivity contribution in [1.29, 1.82) is 0 Å². The summed E-state index contributed by atoms with van der Waals surface area (Å²) in [6.07, 6.45) is 2.72. The maximum atomic E-state index is 12.9. The van der Waals surface area contributed by atoms with E-state index in [0.717, 1.165) is 38.3 Å². The second-order valence-electron chi connectivity index (χ2n) is 5.66. The molecule has 1 aliphatic rings. The molecule has 1 aliphatic heterocycles. The topological polar surface area (TPSA) is 67.4 Å². The van der Waals surface area contributed by atoms with E-state index in [2.05, 4.69) is 14.9 Å². The van der Waals surface area contributed by atoms with Gasteiger partial charge in [-0.3, -0.25) is 24.6 Å². The summed E-state index contributed by atoms with van der Waals surface area (Å²) in [7, 11) is 0. The van der Waals surface area contributed by atoms with Crippen molar-refractivity contribution in [1.82, 2.24) is 19.6 Å². The molecule has 7 nitrogen and oxygen atoms in total. The van der Waals surface area contributed by atoms with E-state index < -0.39 is 4.92 Å². The van der Waals surface area contributed by atoms with Crippen molar-refractivity contribution >= 4 is 5.69 Å². The lowest BCUT2D eigenvalue weighted by Crippen LogP contribution is -2.46. The van der Waals surface area contributed by atoms with Crippen LogP contribution in [0.1, 0.15) is 5.56 Å². The van der Waals surface area contributed by atoms with Crippen LogP contribution in [0.15, 0.2) is 36.7 Å². The van der Waals surface area contributed by atoms with E-state index in [1.807, 2.05) is 12.1 Å². The van der Waals surface area contributed by atoms with Crippen LogP contribution >= 0.6 is 0 Å². The maximum Gasteiger partial charge on any atom is 0.307 e. The highest BCUT2D eigenvalue weighted by Crippen LogP contribution is 2.12. The van der Waals surface area contributed by atoms with Crippen molar-refractivity contribution < 1.29 is 9.31 Å². The first kappa shape index (κ1) is 15.6. The molecule has 1 aromatic carbocycles. The first-order chi connectivity index (χ1) is 11.1. The molecule has 0 N–H and O–H groups in total. The van der Waals surface area contributed by atoms with Gasteiger partial charge in [0.1, 0.15) is 18.2 Å². The third-order valence-corrected chi connectivity index (χ3v) is 3.96. The number of hydrogen-bond acceptors (Lipinski definition) is 5. The molecule has 1 saturated heterocycles. The molecule has 0 spiro atoms. The molecule has 0 unspecified atom stereocenters. The van der Waals surface area contributed by atoms with Crippen LogP contribution in [0.3, 0.4) is 0 Å². The fourth-order valence-corrected chi connectivity index (χ4v) is 2.67. The van der Waals surface area contributed by atoms with Crippen molar-refractivity contribution in [2.75, 3.05) is 26.2 Å². The number of benzene rings is 1. The summed E-state index contributed by atoms with van der Waals surface area (Å²) in [6, 6.07) is 6.58. The predicted octanol–water partition coefficient (Wildman–Crippen LogP) is 1.71. The normalized spacial score (nSPS) is 16.6. The summed E-state index contributed by atoms with van der Waals surface area (Å²) in [4.78, 5) is 14.7. The highest BCUT2D eigenvalue weighted by molar-refractivity contribution is 5.20. The molecule has 8 heteroatoms. The minimum Gasteiger partial charge on any atom is -0.297 e. The summed E-state index contributed by atoms with van der Waals surface area (Å²) >= 11 is 0. The largest absolute Gasteiger partial charge is 0.307 e. The zero-order valence-corrected chi connectivity index (χ0v) is 12.6. The van der Waals surface area contributed by atoms with E-state index in [1.54, 1.807) is 4.68 Å². The number of aromatic nitrogens is 2. The molecular weight excluding hydrogens is 301 g/mol. The SMILES string of the molecule is O=[N+]([O-])c1cnn(CN2CCN(Cc3ccc(F)cc3)CC2)c1. The van der Waals surface area contributed by atoms with Gasteiger partial charge in [-0.2, -0.15) is 5.10 Å². The highest BCUT2D eigenvalue weighted by atomic mass is 19.1. The number of piperazine rings is 1. The molecule has 0 aliphatic carbocycles. The van der Waals surface area contributed by atoms with Gasteiger partial charge in [0.05, 0.1) is 11.6 Å². The van der Waals surface area contributed by atoms with Gasteiger partial charge >= 0.3 is 5.69 Å². The molecule has 0 atom stereocenters. The molecule has 0 bridgehead atoms. The smallest absolute Gasteiger partial charge is 0.297 e. The van der Waals surface area contributed by atoms with Crippen molar-refractivity contribution in [3.63, 3.8) is 0 Å². The monoisotopic (exact) mass is 319 g/mol. The average Bonchev–Trinajstić information content (AvgIpc) is 3.00. The number of halogens is 1. The van der Waals surface area contributed by atoms with E-state index in [1.165, 1.54) is 24.5 Å². The Morgan fingerprint density at radius 3 is 2.39 bits per heavy atom. The zero-order chi connectivity index (χ0) is 16.2. The lowest BCUT2D eigenvalue weighted by Gasteiger charge is -2.34. The van der Waals surface area contributed by atoms with Gasteiger partial charge in [0.15, 0.2) is 0 Å². The van der Waals surface area contributed by atoms with Gasteiger partial charge in [-0.1, -0.05) is 12.1 Å². The predicted molar refractivity (Wildman–Crippen MR) is 82.1 cm³/mol. The summed E-state index contributed by atoms with van der Waals surface area (Å²) in [5.74, 6) is -0.216. The molecular formula is C15H18FN5O2. The molecule has 0 radical (unpaired) electrons. The minimum absolute atomic E-state index is 0.0138. The molecule has 3 rings (SSSR count). The van der Waals surface area contributed by atoms with Gasteiger partial charge in [-0.15, -0.1) is 0 Å². The quantitative estimate of drug-likeness (QED) is 0.620. The zero-order valence-electron chi connectivity index (χ0n) is 12.6. The minimum atomic E-state index is -0.440. The Morgan fingerprint density at radius 2 is 1.78 bits per heavy atom. The molecule has 0 amide bonds. The Hall–Kier alpha value is -2.32. The van der Waals surface area contributed by atoms with Crippen LogP contribution in [-0.4, -0.2) is 50.7 Å². The van der Waals surface area contributed by atoms with Crippen LogP contribution < -0.4 is 0 Å². The standard InChI is InChI=1S/C15H18FN5O2/c16-14-3-1-13(2-4-14)10-18-5-7-19(8-6-18)12-20-11-15(9-17-20)21(22)23/h1-4,9,11H,5-8,10,12H2. The van der Waals surface area contributed by atoms with Crippen LogP contribution in [-0.2, 0) is 13.2 Å². The molecule has 2 aromatic rings. The highest BCUT2D eigenvalue weighted by Gasteiger charge is 2.18. The lowest BCUT2D eigenvalue weighted by molar-refractivity contribution is -0.385. The van der Waals surface area contributed by atoms with Crippen LogP contribution in [0.5, 0.6) is 0 Å². The van der Waals surface area contributed by atoms with Crippen molar-refractivity contribution in [3.05, 3.63) is 58.2 Å². The Kier molecular flexibility index (Phi) is 4.63. The average molecular weight is 319 g/mol. The van der Waals surface area contributed by atoms with Crippen LogP contribution in [0.25, 0.3) is 0 Å². The van der Waals surface area contributed by atoms with Crippen LogP contribution in [0.2, 0.25) is 0 Å². The number of rotatable bonds is 5. The number of hydrogen-bond donors (Lipinski definition) is 0. The van der Waals surface area contributed by atoms with Crippen LogP contribution in [0.4, 0.5) is 10.1 Å². The summed E-state index contributed by atoms with van der Waals surface area (Å²) in [5.41, 5.74) is 1.11. The Bertz CT molecular complexity index is 665. The summed E-state index contributed by atoms with van der Waals surface area (Å²) in [6.45, 7) is 4.91. The molecule has 0 saturated carbocycles. The first-order valence-corrected chi connectivity index (χ1v) is 7.46. The first-order valence-electron chi connectivity index (χ1n) is 7.46. The van der Waals surface area contributed by atoms with Gasteiger partial charge in [0.2, 0.25) is 0 Å². The Morgan fingerprint density at radius 1 is 1.13 bits per heavy atom. The lowest BCUT2D eigenvalue weighted by atomic mass is 10.2. The fourth-order valence-electron chi connectivity index (χ4n) is 2.67. The Labute approximate surface area is 133 Å². The van der Waals surface area contributed by atoms with Crippen LogP contribution in [0, 0.1) is 15.9 Å². The molecule has 1 aromatic heterocycles. The van der Waals surface area contributed by atoms with Crippen molar-refractivity contribution in [2.24, 2.45) is 0 Å². The molecule has 2 heterocycles. The number of nitrogens with zero attached hydrogens (tertiary/aromatic N) is 5. The molecule has 122 valence electrons. The third-order valence-electron chi connectivity index (χ3n) is 3.96. The van der Waals surface area contributed by atoms with E-state index in [4.69, 9.17) is 0 Å². The van der Waals surface area contributed by atoms with E-state index in [0.29, 0.717) is 6.67 Å². The second-order valence-corrected chi connectivity index (χ2v) is 5.66. The van der Waals surface area contributed by atoms with Gasteiger partial charge in [0.25, 0.3) is 0 Å². The van der Waals surface area contributed by atoms with Crippen molar-refractivity contribution in [3.8, 4) is 0 Å². The summed E-state index contributed by atoms with van der Waals surface area (Å²) in [5, 5.41) is 14.7. The van der Waals surface area contributed by atoms with Gasteiger partial charge < -0.3 is 0 Å². The fraction of sp³-hybridized carbons (Fsp3) is 0.400. The van der Waals surface area contributed by atoms with Gasteiger partial charge in [0, 0.05) is 32.7 Å². The molecule has 23 heavy (non-hydrogen) atoms. The summed E-state index contributed by atoms with van der Waals surface area (Å²) < 4.78 is 14.5. The van der Waals surface area contributed by atoms with E-state index in [-0.39, 0.29) is 11.5 Å². The van der Waals surface area contributed by atoms with Gasteiger partial charge in [-0.25, -0.2) is 4.39 Å². The number of nitro groups is 1.